The summed E-state index contributed by atoms with van der Waals surface area (Å²) in [5.41, 5.74) is 1.18. The third-order valence-electron chi connectivity index (χ3n) is 10.1. The molecule has 1 aromatic carbocycles. The molecule has 0 radical (unpaired) electrons. The van der Waals surface area contributed by atoms with Crippen LogP contribution in [0.25, 0.3) is 0 Å². The zero-order valence-corrected chi connectivity index (χ0v) is 31.5. The topological polar surface area (TPSA) is 120 Å². The Bertz CT molecular complexity index is 1160. The molecule has 0 spiro atoms. The summed E-state index contributed by atoms with van der Waals surface area (Å²) in [6.07, 6.45) is 3.48. The Hall–Kier alpha value is -2.98. The number of likely N-dealkylation sites (tertiary alicyclic amines) is 1. The lowest BCUT2D eigenvalue weighted by atomic mass is 9.89. The molecule has 0 saturated carbocycles. The summed E-state index contributed by atoms with van der Waals surface area (Å²) in [7, 11) is 5.10. The number of carbonyl (C=O) groups is 4. The molecule has 4 amide bonds. The molecular formula is C38H65N5O5. The number of rotatable bonds is 19. The molecule has 10 heteroatoms. The number of amides is 4. The van der Waals surface area contributed by atoms with Crippen LogP contribution in [0.5, 0.6) is 0 Å². The van der Waals surface area contributed by atoms with Gasteiger partial charge in [-0.25, -0.2) is 0 Å². The van der Waals surface area contributed by atoms with Crippen LogP contribution in [-0.2, 0) is 30.3 Å². The monoisotopic (exact) mass is 671 g/mol. The molecule has 8 atom stereocenters. The smallest absolute Gasteiger partial charge is 0.245 e. The lowest BCUT2D eigenvalue weighted by molar-refractivity contribution is -0.146. The molecule has 10 nitrogen and oxygen atoms in total. The van der Waals surface area contributed by atoms with Crippen molar-refractivity contribution in [3.63, 3.8) is 0 Å². The standard InChI is InChI=1S/C38H65N5O5/c1-12-26(6)35(42(10)38(47)34(25(4)5)41-37(46)33(39-9)24(2)3)31(48-11)23-32(44)43-20-16-19-30(43)21-27(7)36(45)40-28(8)22-29-17-14-13-15-18-29/h13-15,17-18,24-28,30-31,33-35,39H,12,16,19-23H2,1-11H3,(H,40,45)(H,41,46)/t26-,27+,28+,30-,31+,33-,34-,35?/m0/s1. The summed E-state index contributed by atoms with van der Waals surface area (Å²) in [5, 5.41) is 9.21. The number of nitrogens with zero attached hydrogens (tertiary/aromatic N) is 2. The minimum absolute atomic E-state index is 0.00528. The van der Waals surface area contributed by atoms with Crippen molar-refractivity contribution in [2.45, 2.75) is 130 Å². The van der Waals surface area contributed by atoms with E-state index in [0.717, 1.165) is 25.7 Å². The van der Waals surface area contributed by atoms with Gasteiger partial charge in [-0.05, 0) is 63.0 Å². The van der Waals surface area contributed by atoms with Crippen molar-refractivity contribution in [1.82, 2.24) is 25.8 Å². The van der Waals surface area contributed by atoms with Crippen LogP contribution in [0.1, 0.15) is 93.1 Å². The van der Waals surface area contributed by atoms with Crippen LogP contribution in [0.2, 0.25) is 0 Å². The molecule has 3 N–H and O–H groups in total. The van der Waals surface area contributed by atoms with E-state index < -0.39 is 18.2 Å². The summed E-state index contributed by atoms with van der Waals surface area (Å²) in [6, 6.07) is 8.59. The van der Waals surface area contributed by atoms with Crippen LogP contribution in [0.4, 0.5) is 0 Å². The molecule has 272 valence electrons. The molecule has 1 heterocycles. The summed E-state index contributed by atoms with van der Waals surface area (Å²) in [4.78, 5) is 57.8. The first kappa shape index (κ1) is 41.2. The fourth-order valence-corrected chi connectivity index (χ4v) is 7.09. The molecule has 48 heavy (non-hydrogen) atoms. The minimum atomic E-state index is -0.720. The molecule has 2 rings (SSSR count). The second-order valence-electron chi connectivity index (χ2n) is 14.7. The summed E-state index contributed by atoms with van der Waals surface area (Å²) < 4.78 is 5.99. The first-order chi connectivity index (χ1) is 22.7. The fraction of sp³-hybridized carbons (Fsp3) is 0.737. The number of ether oxygens (including phenoxy) is 1. The first-order valence-electron chi connectivity index (χ1n) is 18.1. The van der Waals surface area contributed by atoms with Crippen LogP contribution < -0.4 is 16.0 Å². The van der Waals surface area contributed by atoms with Gasteiger partial charge in [0.05, 0.1) is 24.6 Å². The van der Waals surface area contributed by atoms with Crippen molar-refractivity contribution in [2.75, 3.05) is 27.7 Å². The number of methoxy groups -OCH3 is 1. The highest BCUT2D eigenvalue weighted by atomic mass is 16.5. The SMILES string of the molecule is CC[C@H](C)C([C@@H](CC(=O)N1CCC[C@H]1C[C@@H](C)C(=O)N[C@H](C)Cc1ccccc1)OC)N(C)C(=O)[C@@H](NC(=O)[C@@H](NC)C(C)C)C(C)C. The summed E-state index contributed by atoms with van der Waals surface area (Å²) in [5.74, 6) is -0.703. The van der Waals surface area contributed by atoms with E-state index >= 15 is 0 Å². The average molecular weight is 672 g/mol. The lowest BCUT2D eigenvalue weighted by Gasteiger charge is -2.40. The molecule has 1 aromatic rings. The third-order valence-corrected chi connectivity index (χ3v) is 10.1. The summed E-state index contributed by atoms with van der Waals surface area (Å²) >= 11 is 0. The minimum Gasteiger partial charge on any atom is -0.379 e. The van der Waals surface area contributed by atoms with Gasteiger partial charge in [-0.15, -0.1) is 0 Å². The van der Waals surface area contributed by atoms with Crippen molar-refractivity contribution in [1.29, 1.82) is 0 Å². The Kier molecular flexibility index (Phi) is 17.1. The molecule has 0 aromatic heterocycles. The number of benzene rings is 1. The van der Waals surface area contributed by atoms with Gasteiger partial charge in [0.2, 0.25) is 23.6 Å². The maximum absolute atomic E-state index is 14.0. The van der Waals surface area contributed by atoms with Gasteiger partial charge >= 0.3 is 0 Å². The Labute approximate surface area is 290 Å². The van der Waals surface area contributed by atoms with Gasteiger partial charge in [-0.3, -0.25) is 19.2 Å². The molecule has 1 aliphatic rings. The van der Waals surface area contributed by atoms with Gasteiger partial charge in [-0.2, -0.15) is 0 Å². The van der Waals surface area contributed by atoms with Gasteiger partial charge in [0.1, 0.15) is 6.04 Å². The van der Waals surface area contributed by atoms with E-state index in [2.05, 4.69) is 41.9 Å². The molecule has 1 saturated heterocycles. The fourth-order valence-electron chi connectivity index (χ4n) is 7.09. The Morgan fingerprint density at radius 2 is 1.56 bits per heavy atom. The van der Waals surface area contributed by atoms with Crippen LogP contribution in [0.3, 0.4) is 0 Å². The van der Waals surface area contributed by atoms with Crippen molar-refractivity contribution >= 4 is 23.6 Å². The lowest BCUT2D eigenvalue weighted by Crippen LogP contribution is -2.59. The number of nitrogens with one attached hydrogen (secondary N) is 3. The predicted molar refractivity (Wildman–Crippen MR) is 192 cm³/mol. The van der Waals surface area contributed by atoms with E-state index in [0.29, 0.717) is 13.0 Å². The maximum atomic E-state index is 14.0. The van der Waals surface area contributed by atoms with Crippen molar-refractivity contribution in [2.24, 2.45) is 23.7 Å². The number of likely N-dealkylation sites (N-methyl/N-ethyl adjacent to an activating group) is 2. The third kappa shape index (κ3) is 11.6. The average Bonchev–Trinajstić information content (AvgIpc) is 3.51. The van der Waals surface area contributed by atoms with Crippen LogP contribution >= 0.6 is 0 Å². The van der Waals surface area contributed by atoms with E-state index in [1.54, 1.807) is 26.1 Å². The maximum Gasteiger partial charge on any atom is 0.245 e. The second-order valence-corrected chi connectivity index (χ2v) is 14.7. The molecular weight excluding hydrogens is 606 g/mol. The van der Waals surface area contributed by atoms with Crippen LogP contribution in [0, 0.1) is 23.7 Å². The second kappa shape index (κ2) is 19.9. The normalized spacial score (nSPS) is 19.3. The van der Waals surface area contributed by atoms with Crippen LogP contribution in [-0.4, -0.2) is 97.5 Å². The van der Waals surface area contributed by atoms with Gasteiger partial charge in [0.25, 0.3) is 0 Å². The molecule has 0 aliphatic carbocycles. The van der Waals surface area contributed by atoms with E-state index in [1.807, 2.05) is 64.6 Å². The number of hydrogen-bond acceptors (Lipinski definition) is 6. The van der Waals surface area contributed by atoms with E-state index in [1.165, 1.54) is 5.56 Å². The number of carbonyl (C=O) groups excluding carboxylic acids is 4. The Morgan fingerprint density at radius 1 is 0.938 bits per heavy atom. The quantitative estimate of drug-likeness (QED) is 0.201. The van der Waals surface area contributed by atoms with Gasteiger partial charge < -0.3 is 30.5 Å². The molecule has 1 fully saturated rings. The van der Waals surface area contributed by atoms with Crippen molar-refractivity contribution < 1.29 is 23.9 Å². The highest BCUT2D eigenvalue weighted by Gasteiger charge is 2.40. The van der Waals surface area contributed by atoms with E-state index in [4.69, 9.17) is 4.74 Å². The Balaban J connectivity index is 2.13. The van der Waals surface area contributed by atoms with Crippen molar-refractivity contribution in [3.8, 4) is 0 Å². The first-order valence-corrected chi connectivity index (χ1v) is 18.1. The molecule has 1 unspecified atom stereocenters. The zero-order chi connectivity index (χ0) is 36.1. The summed E-state index contributed by atoms with van der Waals surface area (Å²) in [6.45, 7) is 16.5. The number of hydrogen-bond donors (Lipinski definition) is 3. The molecule has 1 aliphatic heterocycles. The van der Waals surface area contributed by atoms with Crippen molar-refractivity contribution in [3.05, 3.63) is 35.9 Å². The van der Waals surface area contributed by atoms with Crippen LogP contribution in [0.15, 0.2) is 30.3 Å². The van der Waals surface area contributed by atoms with E-state index in [-0.39, 0.29) is 71.8 Å². The van der Waals surface area contributed by atoms with Gasteiger partial charge in [-0.1, -0.05) is 85.2 Å². The largest absolute Gasteiger partial charge is 0.379 e. The highest BCUT2D eigenvalue weighted by molar-refractivity contribution is 5.90. The van der Waals surface area contributed by atoms with Gasteiger partial charge in [0, 0.05) is 38.7 Å². The molecule has 0 bridgehead atoms. The highest BCUT2D eigenvalue weighted by Crippen LogP contribution is 2.28. The Morgan fingerprint density at radius 3 is 2.10 bits per heavy atom. The predicted octanol–water partition coefficient (Wildman–Crippen LogP) is 4.41. The van der Waals surface area contributed by atoms with Gasteiger partial charge in [0.15, 0.2) is 0 Å². The zero-order valence-electron chi connectivity index (χ0n) is 31.5. The van der Waals surface area contributed by atoms with E-state index in [9.17, 15) is 19.2 Å².